The van der Waals surface area contributed by atoms with Crippen molar-refractivity contribution in [3.63, 3.8) is 0 Å². The lowest BCUT2D eigenvalue weighted by Crippen LogP contribution is -2.34. The highest BCUT2D eigenvalue weighted by atomic mass is 79.9. The van der Waals surface area contributed by atoms with Gasteiger partial charge in [-0.15, -0.1) is 11.3 Å². The highest BCUT2D eigenvalue weighted by molar-refractivity contribution is 9.10. The van der Waals surface area contributed by atoms with Crippen LogP contribution in [0.2, 0.25) is 0 Å². The standard InChI is InChI=1S/C15H10BrNO3S/c1-8-2-5-13(21-8)12(18)7-17-14(19)10-4-3-9(16)6-11(10)15(17)20/h2-6H,7H2,1H3. The molecular formula is C15H10BrNO3S. The summed E-state index contributed by atoms with van der Waals surface area (Å²) < 4.78 is 0.726. The molecule has 0 saturated heterocycles. The van der Waals surface area contributed by atoms with Crippen molar-refractivity contribution in [3.05, 3.63) is 55.7 Å². The van der Waals surface area contributed by atoms with E-state index in [1.54, 1.807) is 24.3 Å². The van der Waals surface area contributed by atoms with Crippen LogP contribution in [0.5, 0.6) is 0 Å². The molecule has 1 aromatic carbocycles. The van der Waals surface area contributed by atoms with Crippen molar-refractivity contribution < 1.29 is 14.4 Å². The predicted molar refractivity (Wildman–Crippen MR) is 82.9 cm³/mol. The van der Waals surface area contributed by atoms with Crippen molar-refractivity contribution in [2.24, 2.45) is 0 Å². The Hall–Kier alpha value is -1.79. The zero-order valence-corrected chi connectivity index (χ0v) is 13.5. The average Bonchev–Trinajstić information content (AvgIpc) is 2.97. The Bertz CT molecular complexity index is 781. The fourth-order valence-corrected chi connectivity index (χ4v) is 3.37. The highest BCUT2D eigenvalue weighted by Crippen LogP contribution is 2.26. The summed E-state index contributed by atoms with van der Waals surface area (Å²) in [6, 6.07) is 8.47. The Balaban J connectivity index is 1.87. The number of ketones is 1. The smallest absolute Gasteiger partial charge is 0.262 e. The maximum Gasteiger partial charge on any atom is 0.262 e. The van der Waals surface area contributed by atoms with E-state index in [9.17, 15) is 14.4 Å². The quantitative estimate of drug-likeness (QED) is 0.620. The molecule has 0 saturated carbocycles. The van der Waals surface area contributed by atoms with Crippen LogP contribution in [0.4, 0.5) is 0 Å². The molecule has 4 nitrogen and oxygen atoms in total. The lowest BCUT2D eigenvalue weighted by Gasteiger charge is -2.11. The first-order chi connectivity index (χ1) is 9.97. The largest absolute Gasteiger partial charge is 0.291 e. The second-order valence-corrected chi connectivity index (χ2v) is 6.92. The lowest BCUT2D eigenvalue weighted by molar-refractivity contribution is 0.0625. The number of imide groups is 1. The van der Waals surface area contributed by atoms with E-state index in [1.807, 2.05) is 13.0 Å². The highest BCUT2D eigenvalue weighted by Gasteiger charge is 2.36. The Morgan fingerprint density at radius 3 is 2.52 bits per heavy atom. The fraction of sp³-hybridized carbons (Fsp3) is 0.133. The maximum atomic E-state index is 12.3. The van der Waals surface area contributed by atoms with E-state index in [1.165, 1.54) is 11.3 Å². The van der Waals surface area contributed by atoms with Gasteiger partial charge in [0.2, 0.25) is 0 Å². The zero-order chi connectivity index (χ0) is 15.1. The fourth-order valence-electron chi connectivity index (χ4n) is 2.21. The van der Waals surface area contributed by atoms with E-state index in [2.05, 4.69) is 15.9 Å². The van der Waals surface area contributed by atoms with Crippen LogP contribution in [-0.4, -0.2) is 29.0 Å². The number of halogens is 1. The molecule has 1 aromatic heterocycles. The maximum absolute atomic E-state index is 12.3. The van der Waals surface area contributed by atoms with Crippen molar-refractivity contribution in [2.45, 2.75) is 6.92 Å². The normalized spacial score (nSPS) is 13.7. The number of hydrogen-bond donors (Lipinski definition) is 0. The van der Waals surface area contributed by atoms with Gasteiger partial charge in [-0.2, -0.15) is 0 Å². The molecule has 1 aliphatic rings. The Labute approximate surface area is 133 Å². The van der Waals surface area contributed by atoms with Gasteiger partial charge in [-0.25, -0.2) is 0 Å². The molecular weight excluding hydrogens is 354 g/mol. The molecule has 0 atom stereocenters. The third-order valence-electron chi connectivity index (χ3n) is 3.25. The molecule has 0 fully saturated rings. The van der Waals surface area contributed by atoms with Crippen LogP contribution >= 0.6 is 27.3 Å². The van der Waals surface area contributed by atoms with Gasteiger partial charge in [0, 0.05) is 9.35 Å². The number of aryl methyl sites for hydroxylation is 1. The molecule has 0 unspecified atom stereocenters. The molecule has 2 heterocycles. The van der Waals surface area contributed by atoms with Gasteiger partial charge in [0.25, 0.3) is 11.8 Å². The van der Waals surface area contributed by atoms with Gasteiger partial charge in [0.05, 0.1) is 22.5 Å². The van der Waals surface area contributed by atoms with Gasteiger partial charge >= 0.3 is 0 Å². The SMILES string of the molecule is Cc1ccc(C(=O)CN2C(=O)c3ccc(Br)cc3C2=O)s1. The number of rotatable bonds is 3. The van der Waals surface area contributed by atoms with E-state index in [4.69, 9.17) is 0 Å². The summed E-state index contributed by atoms with van der Waals surface area (Å²) in [6.07, 6.45) is 0. The number of hydrogen-bond acceptors (Lipinski definition) is 4. The summed E-state index contributed by atoms with van der Waals surface area (Å²) in [5, 5.41) is 0. The van der Waals surface area contributed by atoms with Gasteiger partial charge < -0.3 is 0 Å². The Morgan fingerprint density at radius 1 is 1.14 bits per heavy atom. The summed E-state index contributed by atoms with van der Waals surface area (Å²) in [5.74, 6) is -1.05. The molecule has 2 aromatic rings. The van der Waals surface area contributed by atoms with Crippen molar-refractivity contribution >= 4 is 44.9 Å². The zero-order valence-electron chi connectivity index (χ0n) is 11.1. The minimum absolute atomic E-state index is 0.218. The van der Waals surface area contributed by atoms with Crippen LogP contribution in [0.3, 0.4) is 0 Å². The molecule has 21 heavy (non-hydrogen) atoms. The van der Waals surface area contributed by atoms with Gasteiger partial charge in [0.15, 0.2) is 5.78 Å². The third kappa shape index (κ3) is 2.45. The third-order valence-corrected chi connectivity index (χ3v) is 4.78. The average molecular weight is 364 g/mol. The number of thiophene rings is 1. The van der Waals surface area contributed by atoms with E-state index in [0.717, 1.165) is 14.2 Å². The molecule has 0 spiro atoms. The van der Waals surface area contributed by atoms with Crippen LogP contribution in [0.25, 0.3) is 0 Å². The van der Waals surface area contributed by atoms with E-state index < -0.39 is 11.8 Å². The first kappa shape index (κ1) is 14.2. The minimum Gasteiger partial charge on any atom is -0.291 e. The number of Topliss-reactive ketones (excluding diaryl/α,β-unsaturated/α-hetero) is 1. The van der Waals surface area contributed by atoms with Gasteiger partial charge in [0.1, 0.15) is 0 Å². The summed E-state index contributed by atoms with van der Waals surface area (Å²) in [7, 11) is 0. The van der Waals surface area contributed by atoms with Gasteiger partial charge in [-0.1, -0.05) is 15.9 Å². The second kappa shape index (κ2) is 5.20. The molecule has 0 aliphatic carbocycles. The summed E-state index contributed by atoms with van der Waals surface area (Å²) in [5.41, 5.74) is 0.683. The summed E-state index contributed by atoms with van der Waals surface area (Å²) >= 11 is 4.64. The molecule has 6 heteroatoms. The second-order valence-electron chi connectivity index (χ2n) is 4.72. The summed E-state index contributed by atoms with van der Waals surface area (Å²) in [6.45, 7) is 1.69. The molecule has 3 rings (SSSR count). The van der Waals surface area contributed by atoms with Crippen molar-refractivity contribution in [1.82, 2.24) is 4.90 Å². The molecule has 2 amide bonds. The number of fused-ring (bicyclic) bond motifs is 1. The topological polar surface area (TPSA) is 54.5 Å². The van der Waals surface area contributed by atoms with E-state index in [-0.39, 0.29) is 12.3 Å². The Morgan fingerprint density at radius 2 is 1.86 bits per heavy atom. The molecule has 1 aliphatic heterocycles. The van der Waals surface area contributed by atoms with E-state index in [0.29, 0.717) is 16.0 Å². The van der Waals surface area contributed by atoms with E-state index >= 15 is 0 Å². The van der Waals surface area contributed by atoms with Crippen LogP contribution in [0.15, 0.2) is 34.8 Å². The molecule has 0 radical (unpaired) electrons. The number of benzene rings is 1. The van der Waals surface area contributed by atoms with Crippen LogP contribution in [0.1, 0.15) is 35.3 Å². The first-order valence-corrected chi connectivity index (χ1v) is 7.83. The summed E-state index contributed by atoms with van der Waals surface area (Å²) in [4.78, 5) is 39.3. The monoisotopic (exact) mass is 363 g/mol. The van der Waals surface area contributed by atoms with Crippen molar-refractivity contribution in [1.29, 1.82) is 0 Å². The molecule has 0 N–H and O–H groups in total. The van der Waals surface area contributed by atoms with Gasteiger partial charge in [-0.3, -0.25) is 19.3 Å². The van der Waals surface area contributed by atoms with Gasteiger partial charge in [-0.05, 0) is 37.3 Å². The van der Waals surface area contributed by atoms with Crippen LogP contribution < -0.4 is 0 Å². The number of nitrogens with zero attached hydrogens (tertiary/aromatic N) is 1. The van der Waals surface area contributed by atoms with Crippen molar-refractivity contribution in [3.8, 4) is 0 Å². The minimum atomic E-state index is -0.419. The number of amides is 2. The molecule has 106 valence electrons. The number of carbonyl (C=O) groups excluding carboxylic acids is 3. The molecule has 0 bridgehead atoms. The Kier molecular flexibility index (Phi) is 3.51. The lowest BCUT2D eigenvalue weighted by atomic mass is 10.1. The van der Waals surface area contributed by atoms with Crippen LogP contribution in [0, 0.1) is 6.92 Å². The predicted octanol–water partition coefficient (Wildman–Crippen LogP) is 3.30. The first-order valence-electron chi connectivity index (χ1n) is 6.23. The van der Waals surface area contributed by atoms with Crippen LogP contribution in [-0.2, 0) is 0 Å². The number of carbonyl (C=O) groups is 3. The van der Waals surface area contributed by atoms with Crippen molar-refractivity contribution in [2.75, 3.05) is 6.54 Å².